The minimum absolute atomic E-state index is 0.270. The molecule has 0 radical (unpaired) electrons. The van der Waals surface area contributed by atoms with Crippen molar-refractivity contribution in [2.45, 2.75) is 26.7 Å². The van der Waals surface area contributed by atoms with Gasteiger partial charge in [0.2, 0.25) is 0 Å². The van der Waals surface area contributed by atoms with E-state index in [9.17, 15) is 4.79 Å². The molecule has 1 heterocycles. The van der Waals surface area contributed by atoms with E-state index in [1.54, 1.807) is 10.9 Å². The third kappa shape index (κ3) is 6.08. The van der Waals surface area contributed by atoms with Crippen molar-refractivity contribution in [1.29, 1.82) is 0 Å². The molecule has 6 heteroatoms. The van der Waals surface area contributed by atoms with E-state index in [1.807, 2.05) is 91.9 Å². The topological polar surface area (TPSA) is 65.4 Å². The third-order valence-electron chi connectivity index (χ3n) is 5.07. The number of ether oxygens (including phenoxy) is 2. The van der Waals surface area contributed by atoms with Crippen LogP contribution in [-0.2, 0) is 24.5 Å². The van der Waals surface area contributed by atoms with E-state index in [2.05, 4.69) is 10.4 Å². The van der Waals surface area contributed by atoms with Crippen LogP contribution in [0.25, 0.3) is 5.69 Å². The van der Waals surface area contributed by atoms with E-state index >= 15 is 0 Å². The Morgan fingerprint density at radius 3 is 2.12 bits per heavy atom. The SMILES string of the molecule is CCOc1cn(-c2ccccc2)nc1C(=O)NCc1ccc(COCc2ccccc2)cc1. The van der Waals surface area contributed by atoms with E-state index in [1.165, 1.54) is 0 Å². The van der Waals surface area contributed by atoms with Gasteiger partial charge in [0.25, 0.3) is 5.91 Å². The van der Waals surface area contributed by atoms with Crippen molar-refractivity contribution in [3.05, 3.63) is 114 Å². The van der Waals surface area contributed by atoms with Crippen molar-refractivity contribution < 1.29 is 14.3 Å². The standard InChI is InChI=1S/C27H27N3O3/c1-2-33-25-18-30(24-11-7-4-8-12-24)29-26(25)27(31)28-17-21-13-15-23(16-14-21)20-32-19-22-9-5-3-6-10-22/h3-16,18H,2,17,19-20H2,1H3,(H,28,31). The first-order valence-corrected chi connectivity index (χ1v) is 11.0. The monoisotopic (exact) mass is 441 g/mol. The zero-order valence-electron chi connectivity index (χ0n) is 18.6. The molecule has 6 nitrogen and oxygen atoms in total. The van der Waals surface area contributed by atoms with Crippen LogP contribution in [0.5, 0.6) is 5.75 Å². The van der Waals surface area contributed by atoms with Crippen LogP contribution < -0.4 is 10.1 Å². The van der Waals surface area contributed by atoms with Gasteiger partial charge in [0.1, 0.15) is 0 Å². The Bertz CT molecular complexity index is 1160. The molecule has 33 heavy (non-hydrogen) atoms. The normalized spacial score (nSPS) is 10.7. The van der Waals surface area contributed by atoms with Gasteiger partial charge < -0.3 is 14.8 Å². The first kappa shape index (κ1) is 22.3. The van der Waals surface area contributed by atoms with Crippen LogP contribution in [0.2, 0.25) is 0 Å². The summed E-state index contributed by atoms with van der Waals surface area (Å²) in [7, 11) is 0. The molecule has 0 spiro atoms. The van der Waals surface area contributed by atoms with Crippen LogP contribution >= 0.6 is 0 Å². The molecule has 4 rings (SSSR count). The zero-order chi connectivity index (χ0) is 22.9. The van der Waals surface area contributed by atoms with E-state index in [4.69, 9.17) is 9.47 Å². The molecule has 0 atom stereocenters. The second kappa shape index (κ2) is 11.1. The average molecular weight is 442 g/mol. The molecule has 0 saturated carbocycles. The minimum atomic E-state index is -0.275. The predicted octanol–water partition coefficient (Wildman–Crippen LogP) is 4.92. The minimum Gasteiger partial charge on any atom is -0.490 e. The molecule has 0 fully saturated rings. The van der Waals surface area contributed by atoms with E-state index in [0.29, 0.717) is 32.1 Å². The van der Waals surface area contributed by atoms with Gasteiger partial charge in [-0.15, -0.1) is 0 Å². The summed E-state index contributed by atoms with van der Waals surface area (Å²) in [5, 5.41) is 7.38. The van der Waals surface area contributed by atoms with E-state index in [-0.39, 0.29) is 11.6 Å². The van der Waals surface area contributed by atoms with Crippen LogP contribution in [0.1, 0.15) is 34.1 Å². The number of benzene rings is 3. The van der Waals surface area contributed by atoms with Gasteiger partial charge in [-0.1, -0.05) is 72.8 Å². The van der Waals surface area contributed by atoms with Crippen LogP contribution in [-0.4, -0.2) is 22.3 Å². The van der Waals surface area contributed by atoms with Gasteiger partial charge in [0, 0.05) is 6.54 Å². The Kier molecular flexibility index (Phi) is 7.51. The lowest BCUT2D eigenvalue weighted by Gasteiger charge is -2.08. The summed E-state index contributed by atoms with van der Waals surface area (Å²) in [6, 6.07) is 27.8. The highest BCUT2D eigenvalue weighted by molar-refractivity contribution is 5.94. The summed E-state index contributed by atoms with van der Waals surface area (Å²) < 4.78 is 13.1. The number of carbonyl (C=O) groups is 1. The van der Waals surface area contributed by atoms with E-state index < -0.39 is 0 Å². The number of para-hydroxylation sites is 1. The fraction of sp³-hybridized carbons (Fsp3) is 0.185. The number of carbonyl (C=O) groups excluding carboxylic acids is 1. The summed E-state index contributed by atoms with van der Waals surface area (Å²) >= 11 is 0. The predicted molar refractivity (Wildman–Crippen MR) is 127 cm³/mol. The van der Waals surface area contributed by atoms with Gasteiger partial charge in [-0.05, 0) is 35.7 Å². The molecule has 1 aromatic heterocycles. The molecule has 4 aromatic rings. The summed E-state index contributed by atoms with van der Waals surface area (Å²) in [4.78, 5) is 12.8. The number of hydrogen-bond donors (Lipinski definition) is 1. The second-order valence-electron chi connectivity index (χ2n) is 7.53. The molecule has 0 aliphatic rings. The molecule has 0 aliphatic heterocycles. The van der Waals surface area contributed by atoms with Crippen LogP contribution in [0.4, 0.5) is 0 Å². The first-order valence-electron chi connectivity index (χ1n) is 11.0. The fourth-order valence-corrected chi connectivity index (χ4v) is 3.37. The van der Waals surface area contributed by atoms with Crippen molar-refractivity contribution in [2.24, 2.45) is 0 Å². The molecule has 0 unspecified atom stereocenters. The molecule has 1 N–H and O–H groups in total. The summed E-state index contributed by atoms with van der Waals surface area (Å²) in [6.45, 7) is 3.85. The van der Waals surface area contributed by atoms with Gasteiger partial charge in [-0.2, -0.15) is 5.10 Å². The maximum absolute atomic E-state index is 12.8. The van der Waals surface area contributed by atoms with Crippen molar-refractivity contribution in [3.8, 4) is 11.4 Å². The lowest BCUT2D eigenvalue weighted by Crippen LogP contribution is -2.24. The molecular formula is C27H27N3O3. The van der Waals surface area contributed by atoms with Gasteiger partial charge >= 0.3 is 0 Å². The molecule has 0 saturated heterocycles. The number of amides is 1. The number of nitrogens with one attached hydrogen (secondary N) is 1. The van der Waals surface area contributed by atoms with Gasteiger partial charge in [-0.25, -0.2) is 4.68 Å². The number of hydrogen-bond acceptors (Lipinski definition) is 4. The largest absolute Gasteiger partial charge is 0.490 e. The van der Waals surface area contributed by atoms with Crippen molar-refractivity contribution in [1.82, 2.24) is 15.1 Å². The highest BCUT2D eigenvalue weighted by atomic mass is 16.5. The summed E-state index contributed by atoms with van der Waals surface area (Å²) in [6.07, 6.45) is 1.73. The van der Waals surface area contributed by atoms with E-state index in [0.717, 1.165) is 22.4 Å². The first-order chi connectivity index (χ1) is 16.2. The van der Waals surface area contributed by atoms with Gasteiger partial charge in [0.15, 0.2) is 11.4 Å². The second-order valence-corrected chi connectivity index (χ2v) is 7.53. The fourth-order valence-electron chi connectivity index (χ4n) is 3.37. The lowest BCUT2D eigenvalue weighted by atomic mass is 10.1. The molecule has 168 valence electrons. The Hall–Kier alpha value is -3.90. The zero-order valence-corrected chi connectivity index (χ0v) is 18.6. The highest BCUT2D eigenvalue weighted by Gasteiger charge is 2.18. The molecule has 3 aromatic carbocycles. The Morgan fingerprint density at radius 1 is 0.848 bits per heavy atom. The highest BCUT2D eigenvalue weighted by Crippen LogP contribution is 2.20. The molecule has 0 bridgehead atoms. The Morgan fingerprint density at radius 2 is 1.45 bits per heavy atom. The molecule has 0 aliphatic carbocycles. The Labute approximate surface area is 193 Å². The molecule has 1 amide bonds. The van der Waals surface area contributed by atoms with Crippen molar-refractivity contribution >= 4 is 5.91 Å². The summed E-state index contributed by atoms with van der Waals surface area (Å²) in [5.74, 6) is 0.188. The smallest absolute Gasteiger partial charge is 0.275 e. The maximum atomic E-state index is 12.8. The summed E-state index contributed by atoms with van der Waals surface area (Å²) in [5.41, 5.74) is 4.36. The number of aromatic nitrogens is 2. The van der Waals surface area contributed by atoms with Crippen LogP contribution in [0, 0.1) is 0 Å². The number of rotatable bonds is 10. The van der Waals surface area contributed by atoms with Crippen LogP contribution in [0.3, 0.4) is 0 Å². The molecular weight excluding hydrogens is 414 g/mol. The average Bonchev–Trinajstić information content (AvgIpc) is 3.29. The van der Waals surface area contributed by atoms with Gasteiger partial charge in [-0.3, -0.25) is 4.79 Å². The van der Waals surface area contributed by atoms with Crippen molar-refractivity contribution in [3.63, 3.8) is 0 Å². The van der Waals surface area contributed by atoms with Crippen LogP contribution in [0.15, 0.2) is 91.1 Å². The lowest BCUT2D eigenvalue weighted by molar-refractivity contribution is 0.0941. The Balaban J connectivity index is 1.33. The number of nitrogens with zero attached hydrogens (tertiary/aromatic N) is 2. The quantitative estimate of drug-likeness (QED) is 0.379. The maximum Gasteiger partial charge on any atom is 0.275 e. The third-order valence-corrected chi connectivity index (χ3v) is 5.07. The van der Waals surface area contributed by atoms with Gasteiger partial charge in [0.05, 0.1) is 31.7 Å². The van der Waals surface area contributed by atoms with Crippen molar-refractivity contribution in [2.75, 3.05) is 6.61 Å².